The quantitative estimate of drug-likeness (QED) is 0.650. The normalized spacial score (nSPS) is 16.4. The number of rotatable bonds is 9. The van der Waals surface area contributed by atoms with Crippen molar-refractivity contribution in [3.63, 3.8) is 0 Å². The molecule has 2 amide bonds. The van der Waals surface area contributed by atoms with E-state index in [1.54, 1.807) is 19.1 Å². The molecule has 0 radical (unpaired) electrons. The summed E-state index contributed by atoms with van der Waals surface area (Å²) in [4.78, 5) is 29.2. The Bertz CT molecular complexity index is 932. The zero-order valence-electron chi connectivity index (χ0n) is 19.4. The van der Waals surface area contributed by atoms with Gasteiger partial charge in [-0.25, -0.2) is 0 Å². The highest BCUT2D eigenvalue weighted by Gasteiger charge is 2.32. The van der Waals surface area contributed by atoms with Gasteiger partial charge in [0.2, 0.25) is 11.8 Å². The summed E-state index contributed by atoms with van der Waals surface area (Å²) in [6.45, 7) is 6.86. The van der Waals surface area contributed by atoms with E-state index >= 15 is 0 Å². The molecule has 1 aliphatic heterocycles. The number of para-hydroxylation sites is 1. The minimum Gasteiger partial charge on any atom is -0.496 e. The highest BCUT2D eigenvalue weighted by Crippen LogP contribution is 2.26. The molecule has 0 unspecified atom stereocenters. The molecule has 7 nitrogen and oxygen atoms in total. The molecule has 2 aromatic rings. The second-order valence-corrected chi connectivity index (χ2v) is 8.14. The van der Waals surface area contributed by atoms with Gasteiger partial charge in [-0.1, -0.05) is 24.3 Å². The first-order valence-electron chi connectivity index (χ1n) is 11.0. The Balaban J connectivity index is 1.60. The van der Waals surface area contributed by atoms with Gasteiger partial charge in [-0.3, -0.25) is 14.5 Å². The Kier molecular flexibility index (Phi) is 8.11. The number of ether oxygens (including phenoxy) is 2. The first kappa shape index (κ1) is 23.6. The van der Waals surface area contributed by atoms with E-state index < -0.39 is 6.04 Å². The maximum atomic E-state index is 12.8. The fourth-order valence-electron chi connectivity index (χ4n) is 3.90. The van der Waals surface area contributed by atoms with Crippen molar-refractivity contribution in [1.82, 2.24) is 15.1 Å². The topological polar surface area (TPSA) is 71.1 Å². The molecule has 0 bridgehead atoms. The van der Waals surface area contributed by atoms with Crippen molar-refractivity contribution in [2.24, 2.45) is 0 Å². The van der Waals surface area contributed by atoms with Gasteiger partial charge in [-0.2, -0.15) is 0 Å². The summed E-state index contributed by atoms with van der Waals surface area (Å²) in [7, 11) is 3.41. The highest BCUT2D eigenvalue weighted by molar-refractivity contribution is 5.88. The molecule has 1 atom stereocenters. The van der Waals surface area contributed by atoms with Crippen LogP contribution >= 0.6 is 0 Å². The first-order valence-corrected chi connectivity index (χ1v) is 11.0. The van der Waals surface area contributed by atoms with Gasteiger partial charge in [-0.05, 0) is 48.7 Å². The van der Waals surface area contributed by atoms with Crippen LogP contribution in [0.5, 0.6) is 11.5 Å². The Labute approximate surface area is 190 Å². The average Bonchev–Trinajstić information content (AvgIpc) is 2.79. The van der Waals surface area contributed by atoms with E-state index in [2.05, 4.69) is 17.1 Å². The van der Waals surface area contributed by atoms with Crippen LogP contribution in [-0.2, 0) is 16.1 Å². The molecule has 0 aromatic heterocycles. The van der Waals surface area contributed by atoms with Gasteiger partial charge in [0.05, 0.1) is 26.1 Å². The predicted molar refractivity (Wildman–Crippen MR) is 124 cm³/mol. The van der Waals surface area contributed by atoms with Crippen molar-refractivity contribution in [3.05, 3.63) is 59.2 Å². The largest absolute Gasteiger partial charge is 0.496 e. The molecule has 1 heterocycles. The van der Waals surface area contributed by atoms with Crippen molar-refractivity contribution in [2.75, 3.05) is 40.4 Å². The molecule has 1 fully saturated rings. The summed E-state index contributed by atoms with van der Waals surface area (Å²) in [6, 6.07) is 13.0. The number of benzene rings is 2. The lowest BCUT2D eigenvalue weighted by atomic mass is 10.00. The smallest absolute Gasteiger partial charge is 0.237 e. The van der Waals surface area contributed by atoms with Crippen LogP contribution in [0.1, 0.15) is 23.1 Å². The summed E-state index contributed by atoms with van der Waals surface area (Å²) < 4.78 is 11.1. The third kappa shape index (κ3) is 5.79. The molecule has 1 saturated heterocycles. The number of hydrogen-bond donors (Lipinski definition) is 1. The van der Waals surface area contributed by atoms with Gasteiger partial charge in [0.25, 0.3) is 0 Å². The third-order valence-electron chi connectivity index (χ3n) is 6.12. The summed E-state index contributed by atoms with van der Waals surface area (Å²) in [5.74, 6) is 1.46. The average molecular weight is 440 g/mol. The van der Waals surface area contributed by atoms with Crippen LogP contribution in [0, 0.1) is 13.8 Å². The summed E-state index contributed by atoms with van der Waals surface area (Å²) in [5, 5.41) is 2.91. The molecule has 1 N–H and O–H groups in total. The fourth-order valence-corrected chi connectivity index (χ4v) is 3.90. The van der Waals surface area contributed by atoms with Crippen LogP contribution in [0.15, 0.2) is 42.5 Å². The number of carbonyl (C=O) groups excluding carboxylic acids is 2. The number of amides is 2. The Hall–Kier alpha value is -3.06. The third-order valence-corrected chi connectivity index (χ3v) is 6.12. The lowest BCUT2D eigenvalue weighted by molar-refractivity contribution is -0.138. The number of carbonyl (C=O) groups is 2. The molecule has 0 spiro atoms. The standard InChI is InChI=1S/C25H33N3O4/c1-18-19(2)23(31-4)11-10-20(18)17-28-13-12-26-25(30)22(28)16-24(29)27(3)14-15-32-21-8-6-5-7-9-21/h5-11,22H,12-17H2,1-4H3,(H,26,30)/t22-/m1/s1. The van der Waals surface area contributed by atoms with Gasteiger partial charge in [0, 0.05) is 26.7 Å². The van der Waals surface area contributed by atoms with Crippen molar-refractivity contribution < 1.29 is 19.1 Å². The van der Waals surface area contributed by atoms with Crippen LogP contribution in [0.4, 0.5) is 0 Å². The maximum Gasteiger partial charge on any atom is 0.237 e. The Morgan fingerprint density at radius 3 is 2.62 bits per heavy atom. The SMILES string of the molecule is COc1ccc(CN2CCNC(=O)[C@H]2CC(=O)N(C)CCOc2ccccc2)c(C)c1C. The van der Waals surface area contributed by atoms with E-state index in [4.69, 9.17) is 9.47 Å². The van der Waals surface area contributed by atoms with E-state index in [9.17, 15) is 9.59 Å². The molecule has 3 rings (SSSR count). The zero-order chi connectivity index (χ0) is 23.1. The van der Waals surface area contributed by atoms with Gasteiger partial charge in [0.1, 0.15) is 18.1 Å². The van der Waals surface area contributed by atoms with Crippen LogP contribution < -0.4 is 14.8 Å². The lowest BCUT2D eigenvalue weighted by Gasteiger charge is -2.36. The molecular weight excluding hydrogens is 406 g/mol. The maximum absolute atomic E-state index is 12.8. The minimum absolute atomic E-state index is 0.0728. The second kappa shape index (κ2) is 11.0. The van der Waals surface area contributed by atoms with Crippen LogP contribution in [0.3, 0.4) is 0 Å². The molecular formula is C25H33N3O4. The van der Waals surface area contributed by atoms with Gasteiger partial charge >= 0.3 is 0 Å². The van der Waals surface area contributed by atoms with E-state index in [0.717, 1.165) is 28.2 Å². The Morgan fingerprint density at radius 1 is 1.16 bits per heavy atom. The van der Waals surface area contributed by atoms with E-state index in [1.807, 2.05) is 49.4 Å². The van der Waals surface area contributed by atoms with Gasteiger partial charge < -0.3 is 19.7 Å². The second-order valence-electron chi connectivity index (χ2n) is 8.14. The lowest BCUT2D eigenvalue weighted by Crippen LogP contribution is -2.56. The number of methoxy groups -OCH3 is 1. The molecule has 172 valence electrons. The summed E-state index contributed by atoms with van der Waals surface area (Å²) in [5.41, 5.74) is 3.38. The van der Waals surface area contributed by atoms with Crippen LogP contribution in [0.2, 0.25) is 0 Å². The summed E-state index contributed by atoms with van der Waals surface area (Å²) in [6.07, 6.45) is 0.141. The number of nitrogens with zero attached hydrogens (tertiary/aromatic N) is 2. The van der Waals surface area contributed by atoms with Gasteiger partial charge in [-0.15, -0.1) is 0 Å². The molecule has 0 aliphatic carbocycles. The molecule has 32 heavy (non-hydrogen) atoms. The highest BCUT2D eigenvalue weighted by atomic mass is 16.5. The monoisotopic (exact) mass is 439 g/mol. The minimum atomic E-state index is -0.490. The first-order chi connectivity index (χ1) is 15.4. The predicted octanol–water partition coefficient (Wildman–Crippen LogP) is 2.54. The zero-order valence-corrected chi connectivity index (χ0v) is 19.4. The number of nitrogens with one attached hydrogen (secondary N) is 1. The number of piperazine rings is 1. The Morgan fingerprint density at radius 2 is 1.91 bits per heavy atom. The van der Waals surface area contributed by atoms with E-state index in [-0.39, 0.29) is 18.2 Å². The molecule has 0 saturated carbocycles. The van der Waals surface area contributed by atoms with Crippen LogP contribution in [0.25, 0.3) is 0 Å². The molecule has 1 aliphatic rings. The molecule has 2 aromatic carbocycles. The van der Waals surface area contributed by atoms with Gasteiger partial charge in [0.15, 0.2) is 0 Å². The van der Waals surface area contributed by atoms with Crippen molar-refractivity contribution in [3.8, 4) is 11.5 Å². The van der Waals surface area contributed by atoms with Crippen molar-refractivity contribution >= 4 is 11.8 Å². The van der Waals surface area contributed by atoms with E-state index in [0.29, 0.717) is 32.8 Å². The van der Waals surface area contributed by atoms with E-state index in [1.165, 1.54) is 0 Å². The van der Waals surface area contributed by atoms with Crippen LogP contribution in [-0.4, -0.2) is 68.1 Å². The number of hydrogen-bond acceptors (Lipinski definition) is 5. The van der Waals surface area contributed by atoms with Crippen molar-refractivity contribution in [1.29, 1.82) is 0 Å². The molecule has 7 heteroatoms. The number of likely N-dealkylation sites (N-methyl/N-ethyl adjacent to an activating group) is 1. The fraction of sp³-hybridized carbons (Fsp3) is 0.440. The summed E-state index contributed by atoms with van der Waals surface area (Å²) >= 11 is 0. The van der Waals surface area contributed by atoms with Crippen molar-refractivity contribution in [2.45, 2.75) is 32.9 Å².